The van der Waals surface area contributed by atoms with E-state index >= 15 is 0 Å². The average molecular weight is 389 g/mol. The van der Waals surface area contributed by atoms with Crippen LogP contribution < -0.4 is 0 Å². The SMILES string of the molecule is CCOC(=O)Cc1cn2c(C=O)c(-c3cc(C)ccc3SCC)nc2s1. The summed E-state index contributed by atoms with van der Waals surface area (Å²) in [6.45, 7) is 6.27. The molecule has 0 amide bonds. The number of hydrogen-bond acceptors (Lipinski definition) is 6. The molecule has 2 heterocycles. The second-order valence-electron chi connectivity index (χ2n) is 5.73. The average Bonchev–Trinajstić information content (AvgIpc) is 3.13. The lowest BCUT2D eigenvalue weighted by Gasteiger charge is -2.08. The molecule has 0 N–H and O–H groups in total. The van der Waals surface area contributed by atoms with Crippen LogP contribution in [-0.2, 0) is 16.0 Å². The van der Waals surface area contributed by atoms with E-state index in [4.69, 9.17) is 9.72 Å². The van der Waals surface area contributed by atoms with Crippen LogP contribution in [0.15, 0.2) is 29.3 Å². The quantitative estimate of drug-likeness (QED) is 0.341. The van der Waals surface area contributed by atoms with Crippen LogP contribution in [-0.4, -0.2) is 34.0 Å². The van der Waals surface area contributed by atoms with E-state index in [0.29, 0.717) is 23.0 Å². The largest absolute Gasteiger partial charge is 0.466 e. The van der Waals surface area contributed by atoms with Crippen LogP contribution in [0.5, 0.6) is 0 Å². The Hall–Kier alpha value is -2.12. The number of fused-ring (bicyclic) bond motifs is 1. The van der Waals surface area contributed by atoms with Gasteiger partial charge in [-0.05, 0) is 31.7 Å². The van der Waals surface area contributed by atoms with E-state index in [2.05, 4.69) is 25.1 Å². The van der Waals surface area contributed by atoms with Crippen LogP contribution in [0.2, 0.25) is 0 Å². The maximum absolute atomic E-state index is 11.8. The molecule has 0 bridgehead atoms. The van der Waals surface area contributed by atoms with E-state index < -0.39 is 0 Å². The summed E-state index contributed by atoms with van der Waals surface area (Å²) in [5.41, 5.74) is 3.29. The molecular weight excluding hydrogens is 368 g/mol. The molecule has 0 fully saturated rings. The lowest BCUT2D eigenvalue weighted by Crippen LogP contribution is -2.06. The van der Waals surface area contributed by atoms with Gasteiger partial charge < -0.3 is 4.74 Å². The molecule has 0 spiro atoms. The minimum atomic E-state index is -0.273. The summed E-state index contributed by atoms with van der Waals surface area (Å²) in [5, 5.41) is 0. The minimum absolute atomic E-state index is 0.191. The third kappa shape index (κ3) is 3.68. The van der Waals surface area contributed by atoms with Gasteiger partial charge in [-0.15, -0.1) is 23.1 Å². The first kappa shape index (κ1) is 18.7. The van der Waals surface area contributed by atoms with E-state index in [1.54, 1.807) is 29.3 Å². The smallest absolute Gasteiger partial charge is 0.311 e. The molecule has 0 aliphatic carbocycles. The van der Waals surface area contributed by atoms with Gasteiger partial charge in [0.25, 0.3) is 0 Å². The number of hydrogen-bond donors (Lipinski definition) is 0. The summed E-state index contributed by atoms with van der Waals surface area (Å²) < 4.78 is 6.76. The van der Waals surface area contributed by atoms with Gasteiger partial charge in [0.1, 0.15) is 11.4 Å². The molecule has 0 aliphatic rings. The zero-order valence-corrected chi connectivity index (χ0v) is 16.6. The summed E-state index contributed by atoms with van der Waals surface area (Å²) in [5.74, 6) is 0.670. The van der Waals surface area contributed by atoms with Crippen molar-refractivity contribution in [3.8, 4) is 11.3 Å². The van der Waals surface area contributed by atoms with Crippen molar-refractivity contribution in [2.45, 2.75) is 32.1 Å². The Kier molecular flexibility index (Phi) is 5.78. The summed E-state index contributed by atoms with van der Waals surface area (Å²) in [6, 6.07) is 6.21. The molecule has 2 aromatic heterocycles. The van der Waals surface area contributed by atoms with E-state index in [1.165, 1.54) is 11.3 Å². The van der Waals surface area contributed by atoms with Gasteiger partial charge in [0, 0.05) is 21.5 Å². The van der Waals surface area contributed by atoms with E-state index in [0.717, 1.165) is 32.9 Å². The summed E-state index contributed by atoms with van der Waals surface area (Å²) in [7, 11) is 0. The number of esters is 1. The van der Waals surface area contributed by atoms with E-state index in [9.17, 15) is 9.59 Å². The monoisotopic (exact) mass is 388 g/mol. The second kappa shape index (κ2) is 8.05. The maximum Gasteiger partial charge on any atom is 0.311 e. The van der Waals surface area contributed by atoms with Crippen molar-refractivity contribution in [1.82, 2.24) is 9.38 Å². The zero-order valence-electron chi connectivity index (χ0n) is 14.9. The summed E-state index contributed by atoms with van der Waals surface area (Å²) in [6.07, 6.45) is 2.83. The fourth-order valence-electron chi connectivity index (χ4n) is 2.77. The molecule has 7 heteroatoms. The third-order valence-corrected chi connectivity index (χ3v) is 5.77. The first-order valence-electron chi connectivity index (χ1n) is 8.42. The van der Waals surface area contributed by atoms with Gasteiger partial charge in [-0.2, -0.15) is 0 Å². The van der Waals surface area contributed by atoms with Crippen molar-refractivity contribution in [2.75, 3.05) is 12.4 Å². The second-order valence-corrected chi connectivity index (χ2v) is 8.13. The van der Waals surface area contributed by atoms with Crippen molar-refractivity contribution in [1.29, 1.82) is 0 Å². The molecule has 0 atom stereocenters. The fraction of sp³-hybridized carbons (Fsp3) is 0.316. The Morgan fingerprint density at radius 1 is 1.38 bits per heavy atom. The molecule has 0 radical (unpaired) electrons. The third-order valence-electron chi connectivity index (χ3n) is 3.84. The number of thioether (sulfide) groups is 1. The van der Waals surface area contributed by atoms with Gasteiger partial charge in [0.05, 0.1) is 13.0 Å². The Morgan fingerprint density at radius 2 is 2.19 bits per heavy atom. The van der Waals surface area contributed by atoms with Gasteiger partial charge in [-0.3, -0.25) is 14.0 Å². The number of carbonyl (C=O) groups is 2. The van der Waals surface area contributed by atoms with Crippen LogP contribution in [0, 0.1) is 6.92 Å². The number of carbonyl (C=O) groups excluding carboxylic acids is 2. The summed E-state index contributed by atoms with van der Waals surface area (Å²) in [4.78, 5) is 30.8. The van der Waals surface area contributed by atoms with E-state index in [1.807, 2.05) is 6.92 Å². The minimum Gasteiger partial charge on any atom is -0.466 e. The van der Waals surface area contributed by atoms with Crippen LogP contribution in [0.25, 0.3) is 16.2 Å². The van der Waals surface area contributed by atoms with Crippen LogP contribution in [0.1, 0.15) is 34.8 Å². The van der Waals surface area contributed by atoms with Crippen molar-refractivity contribution >= 4 is 40.3 Å². The maximum atomic E-state index is 11.8. The van der Waals surface area contributed by atoms with Crippen molar-refractivity contribution in [3.05, 3.63) is 40.5 Å². The van der Waals surface area contributed by atoms with Gasteiger partial charge in [-0.25, -0.2) is 4.98 Å². The first-order valence-corrected chi connectivity index (χ1v) is 10.2. The zero-order chi connectivity index (χ0) is 18.7. The number of thiazole rings is 1. The molecule has 1 aromatic carbocycles. The fourth-order valence-corrected chi connectivity index (χ4v) is 4.52. The van der Waals surface area contributed by atoms with Crippen LogP contribution in [0.4, 0.5) is 0 Å². The number of ether oxygens (including phenoxy) is 1. The van der Waals surface area contributed by atoms with Gasteiger partial charge in [-0.1, -0.05) is 18.6 Å². The number of imidazole rings is 1. The van der Waals surface area contributed by atoms with E-state index in [-0.39, 0.29) is 12.4 Å². The van der Waals surface area contributed by atoms with Crippen molar-refractivity contribution in [2.24, 2.45) is 0 Å². The highest BCUT2D eigenvalue weighted by Crippen LogP contribution is 2.35. The molecule has 5 nitrogen and oxygen atoms in total. The Bertz CT molecular complexity index is 959. The Labute approximate surface area is 160 Å². The predicted molar refractivity (Wildman–Crippen MR) is 105 cm³/mol. The molecule has 26 heavy (non-hydrogen) atoms. The number of nitrogens with zero attached hydrogens (tertiary/aromatic N) is 2. The van der Waals surface area contributed by atoms with Crippen molar-refractivity contribution < 1.29 is 14.3 Å². The van der Waals surface area contributed by atoms with Crippen LogP contribution >= 0.6 is 23.1 Å². The molecule has 136 valence electrons. The number of benzene rings is 1. The topological polar surface area (TPSA) is 60.7 Å². The lowest BCUT2D eigenvalue weighted by molar-refractivity contribution is -0.142. The molecule has 3 aromatic rings. The Balaban J connectivity index is 2.06. The number of aldehydes is 1. The molecule has 0 aliphatic heterocycles. The molecule has 0 saturated carbocycles. The van der Waals surface area contributed by atoms with Gasteiger partial charge in [0.15, 0.2) is 11.2 Å². The highest BCUT2D eigenvalue weighted by atomic mass is 32.2. The molecule has 3 rings (SSSR count). The molecular formula is C19H20N2O3S2. The molecule has 0 unspecified atom stereocenters. The predicted octanol–water partition coefficient (Wildman–Crippen LogP) is 4.40. The standard InChI is InChI=1S/C19H20N2O3S2/c1-4-24-17(23)9-13-10-21-15(11-22)18(20-19(21)26-13)14-8-12(3)6-7-16(14)25-5-2/h6-8,10-11H,4-5,9H2,1-3H3. The van der Waals surface area contributed by atoms with Gasteiger partial charge >= 0.3 is 5.97 Å². The highest BCUT2D eigenvalue weighted by Gasteiger charge is 2.19. The first-order chi connectivity index (χ1) is 12.6. The molecule has 0 saturated heterocycles. The lowest BCUT2D eigenvalue weighted by atomic mass is 10.1. The van der Waals surface area contributed by atoms with Crippen LogP contribution in [0.3, 0.4) is 0 Å². The van der Waals surface area contributed by atoms with Gasteiger partial charge in [0.2, 0.25) is 0 Å². The Morgan fingerprint density at radius 3 is 2.88 bits per heavy atom. The normalized spacial score (nSPS) is 11.0. The van der Waals surface area contributed by atoms with Crippen molar-refractivity contribution in [3.63, 3.8) is 0 Å². The summed E-state index contributed by atoms with van der Waals surface area (Å²) >= 11 is 3.14. The number of rotatable bonds is 7. The number of aromatic nitrogens is 2. The number of aryl methyl sites for hydroxylation is 1. The highest BCUT2D eigenvalue weighted by molar-refractivity contribution is 7.99.